The number of alkyl carbamates (subject to hydrolysis) is 1. The molecule has 2 rings (SSSR count). The van der Waals surface area contributed by atoms with Crippen LogP contribution < -0.4 is 15.8 Å². The number of primary amides is 1. The maximum Gasteiger partial charge on any atom is 0.407 e. The second kappa shape index (κ2) is 13.4. The standard InChI is InChI=1S/C25H42N4O5/c1-17(2)15-34-25(32)27-7-6-20-13-22(18(3)4)23(12-19(20)5)33-16-21(30)14-28-8-10-29(11-9-28)24(26)31/h12-13,17-18,21,30H,6-11,14-16H2,1-5H3,(H2,26,31)(H,27,32). The minimum absolute atomic E-state index is 0.192. The summed E-state index contributed by atoms with van der Waals surface area (Å²) >= 11 is 0. The van der Waals surface area contributed by atoms with Gasteiger partial charge in [0.15, 0.2) is 0 Å². The van der Waals surface area contributed by atoms with Gasteiger partial charge in [-0.3, -0.25) is 4.90 Å². The number of carbonyl (C=O) groups is 2. The Morgan fingerprint density at radius 3 is 2.38 bits per heavy atom. The minimum Gasteiger partial charge on any atom is -0.491 e. The molecule has 0 bridgehead atoms. The summed E-state index contributed by atoms with van der Waals surface area (Å²) in [6, 6.07) is 3.75. The largest absolute Gasteiger partial charge is 0.491 e. The lowest BCUT2D eigenvalue weighted by Gasteiger charge is -2.34. The first kappa shape index (κ1) is 27.7. The number of rotatable bonds is 11. The third-order valence-corrected chi connectivity index (χ3v) is 5.89. The van der Waals surface area contributed by atoms with Gasteiger partial charge in [0.1, 0.15) is 18.5 Å². The van der Waals surface area contributed by atoms with Crippen molar-refractivity contribution in [3.05, 3.63) is 28.8 Å². The summed E-state index contributed by atoms with van der Waals surface area (Å²) in [5.41, 5.74) is 8.62. The van der Waals surface area contributed by atoms with Gasteiger partial charge in [0.05, 0.1) is 6.61 Å². The summed E-state index contributed by atoms with van der Waals surface area (Å²) in [4.78, 5) is 26.8. The van der Waals surface area contributed by atoms with Crippen LogP contribution >= 0.6 is 0 Å². The zero-order valence-corrected chi connectivity index (χ0v) is 21.3. The van der Waals surface area contributed by atoms with Crippen LogP contribution in [0.1, 0.15) is 50.3 Å². The van der Waals surface area contributed by atoms with Crippen molar-refractivity contribution in [2.75, 3.05) is 52.5 Å². The number of aliphatic hydroxyl groups is 1. The molecule has 0 saturated carbocycles. The van der Waals surface area contributed by atoms with E-state index in [1.165, 1.54) is 0 Å². The number of hydrogen-bond acceptors (Lipinski definition) is 6. The topological polar surface area (TPSA) is 117 Å². The van der Waals surface area contributed by atoms with Gasteiger partial charge in [-0.25, -0.2) is 9.59 Å². The maximum absolute atomic E-state index is 11.8. The van der Waals surface area contributed by atoms with Crippen molar-refractivity contribution in [2.24, 2.45) is 11.7 Å². The van der Waals surface area contributed by atoms with E-state index < -0.39 is 12.1 Å². The van der Waals surface area contributed by atoms with Gasteiger partial charge in [-0.2, -0.15) is 0 Å². The number of nitrogens with zero attached hydrogens (tertiary/aromatic N) is 2. The number of urea groups is 1. The number of benzene rings is 1. The number of aryl methyl sites for hydroxylation is 1. The van der Waals surface area contributed by atoms with Crippen LogP contribution in [0.25, 0.3) is 0 Å². The number of piperazine rings is 1. The van der Waals surface area contributed by atoms with E-state index in [1.807, 2.05) is 26.8 Å². The lowest BCUT2D eigenvalue weighted by atomic mass is 9.95. The molecule has 4 N–H and O–H groups in total. The Hall–Kier alpha value is -2.52. The van der Waals surface area contributed by atoms with Crippen molar-refractivity contribution in [3.8, 4) is 5.75 Å². The first-order chi connectivity index (χ1) is 16.1. The molecule has 1 saturated heterocycles. The van der Waals surface area contributed by atoms with E-state index in [2.05, 4.69) is 30.1 Å². The number of amides is 3. The molecule has 0 aliphatic carbocycles. The molecule has 1 aromatic rings. The van der Waals surface area contributed by atoms with E-state index in [9.17, 15) is 14.7 Å². The molecule has 1 heterocycles. The fourth-order valence-electron chi connectivity index (χ4n) is 3.87. The second-order valence-electron chi connectivity index (χ2n) is 9.73. The fraction of sp³-hybridized carbons (Fsp3) is 0.680. The van der Waals surface area contributed by atoms with Gasteiger partial charge in [0.2, 0.25) is 0 Å². The molecule has 9 heteroatoms. The smallest absolute Gasteiger partial charge is 0.407 e. The number of ether oxygens (including phenoxy) is 2. The summed E-state index contributed by atoms with van der Waals surface area (Å²) in [7, 11) is 0. The van der Waals surface area contributed by atoms with E-state index in [-0.39, 0.29) is 18.6 Å². The van der Waals surface area contributed by atoms with Crippen LogP contribution in [-0.2, 0) is 11.2 Å². The monoisotopic (exact) mass is 478 g/mol. The Morgan fingerprint density at radius 1 is 1.12 bits per heavy atom. The highest BCUT2D eigenvalue weighted by Gasteiger charge is 2.21. The zero-order valence-electron chi connectivity index (χ0n) is 21.3. The first-order valence-electron chi connectivity index (χ1n) is 12.2. The predicted molar refractivity (Wildman–Crippen MR) is 132 cm³/mol. The SMILES string of the molecule is Cc1cc(OCC(O)CN2CCN(C(N)=O)CC2)c(C(C)C)cc1CCNC(=O)OCC(C)C. The average molecular weight is 479 g/mol. The zero-order chi connectivity index (χ0) is 25.3. The van der Waals surface area contributed by atoms with Crippen LogP contribution in [0.3, 0.4) is 0 Å². The molecule has 0 radical (unpaired) electrons. The summed E-state index contributed by atoms with van der Waals surface area (Å²) < 4.78 is 11.2. The van der Waals surface area contributed by atoms with Crippen LogP contribution in [-0.4, -0.2) is 85.6 Å². The Balaban J connectivity index is 1.88. The van der Waals surface area contributed by atoms with Crippen LogP contribution in [0.5, 0.6) is 5.75 Å². The van der Waals surface area contributed by atoms with Crippen molar-refractivity contribution in [3.63, 3.8) is 0 Å². The number of carbonyl (C=O) groups excluding carboxylic acids is 2. The van der Waals surface area contributed by atoms with Crippen LogP contribution in [0.2, 0.25) is 0 Å². The Morgan fingerprint density at radius 2 is 1.79 bits per heavy atom. The molecule has 0 spiro atoms. The average Bonchev–Trinajstić information content (AvgIpc) is 2.77. The van der Waals surface area contributed by atoms with Gasteiger partial charge >= 0.3 is 12.1 Å². The molecule has 1 unspecified atom stereocenters. The molecule has 192 valence electrons. The molecule has 34 heavy (non-hydrogen) atoms. The fourth-order valence-corrected chi connectivity index (χ4v) is 3.87. The molecule has 9 nitrogen and oxygen atoms in total. The minimum atomic E-state index is -0.638. The lowest BCUT2D eigenvalue weighted by Crippen LogP contribution is -2.52. The Labute approximate surface area is 203 Å². The van der Waals surface area contributed by atoms with Gasteiger partial charge in [0.25, 0.3) is 0 Å². The van der Waals surface area contributed by atoms with E-state index in [0.29, 0.717) is 58.2 Å². The third kappa shape index (κ3) is 9.02. The van der Waals surface area contributed by atoms with Crippen LogP contribution in [0, 0.1) is 12.8 Å². The van der Waals surface area contributed by atoms with E-state index in [0.717, 1.165) is 22.4 Å². The molecule has 1 aromatic carbocycles. The summed E-state index contributed by atoms with van der Waals surface area (Å²) in [6.07, 6.45) is -0.329. The Bertz CT molecular complexity index is 807. The predicted octanol–water partition coefficient (Wildman–Crippen LogP) is 2.48. The summed E-state index contributed by atoms with van der Waals surface area (Å²) in [5.74, 6) is 1.33. The number of aliphatic hydroxyl groups excluding tert-OH is 1. The van der Waals surface area contributed by atoms with Crippen molar-refractivity contribution >= 4 is 12.1 Å². The lowest BCUT2D eigenvalue weighted by molar-refractivity contribution is 0.0519. The molecular formula is C25H42N4O5. The molecule has 3 amide bonds. The maximum atomic E-state index is 11.8. The van der Waals surface area contributed by atoms with Crippen molar-refractivity contribution in [1.29, 1.82) is 0 Å². The highest BCUT2D eigenvalue weighted by atomic mass is 16.5. The van der Waals surface area contributed by atoms with Gasteiger partial charge in [-0.15, -0.1) is 0 Å². The number of nitrogens with two attached hydrogens (primary N) is 1. The highest BCUT2D eigenvalue weighted by Crippen LogP contribution is 2.30. The highest BCUT2D eigenvalue weighted by molar-refractivity contribution is 5.72. The van der Waals surface area contributed by atoms with Crippen molar-refractivity contribution in [2.45, 2.75) is 53.1 Å². The van der Waals surface area contributed by atoms with Crippen LogP contribution in [0.4, 0.5) is 9.59 Å². The molecule has 1 fully saturated rings. The Kier molecular flexibility index (Phi) is 10.9. The number of hydrogen-bond donors (Lipinski definition) is 3. The van der Waals surface area contributed by atoms with E-state index in [1.54, 1.807) is 4.90 Å². The summed E-state index contributed by atoms with van der Waals surface area (Å²) in [5, 5.41) is 13.3. The molecule has 1 aliphatic rings. The van der Waals surface area contributed by atoms with Gasteiger partial charge in [-0.05, 0) is 47.9 Å². The summed E-state index contributed by atoms with van der Waals surface area (Å²) in [6.45, 7) is 14.3. The third-order valence-electron chi connectivity index (χ3n) is 5.89. The normalized spacial score (nSPS) is 15.5. The number of nitrogens with one attached hydrogen (secondary N) is 1. The quantitative estimate of drug-likeness (QED) is 0.450. The van der Waals surface area contributed by atoms with Crippen molar-refractivity contribution < 1.29 is 24.2 Å². The van der Waals surface area contributed by atoms with E-state index >= 15 is 0 Å². The molecular weight excluding hydrogens is 436 g/mol. The van der Waals surface area contributed by atoms with Gasteiger partial charge in [0, 0.05) is 39.3 Å². The molecule has 0 aromatic heterocycles. The second-order valence-corrected chi connectivity index (χ2v) is 9.73. The van der Waals surface area contributed by atoms with Gasteiger partial charge in [-0.1, -0.05) is 33.8 Å². The van der Waals surface area contributed by atoms with Crippen LogP contribution in [0.15, 0.2) is 12.1 Å². The van der Waals surface area contributed by atoms with E-state index in [4.69, 9.17) is 15.2 Å². The molecule has 1 atom stereocenters. The van der Waals surface area contributed by atoms with Gasteiger partial charge < -0.3 is 30.5 Å². The van der Waals surface area contributed by atoms with Crippen molar-refractivity contribution in [1.82, 2.24) is 15.1 Å². The molecule has 1 aliphatic heterocycles. The first-order valence-corrected chi connectivity index (χ1v) is 12.2. The number of β-amino-alcohol motifs (C(OH)–C–C–N with tert-alkyl or cyclic N) is 1.